The predicted molar refractivity (Wildman–Crippen MR) is 129 cm³/mol. The van der Waals surface area contributed by atoms with Gasteiger partial charge in [-0.05, 0) is 30.5 Å². The number of nitrogens with zero attached hydrogens (tertiary/aromatic N) is 1. The Bertz CT molecular complexity index is 1050. The Hall–Kier alpha value is -3.49. The number of Topliss-reactive ketones (excluding diaryl/α,β-unsaturated/α-hetero) is 2. The Morgan fingerprint density at radius 2 is 1.69 bits per heavy atom. The van der Waals surface area contributed by atoms with Gasteiger partial charge in [0.25, 0.3) is 5.91 Å². The number of pyridine rings is 1. The van der Waals surface area contributed by atoms with E-state index in [0.717, 1.165) is 5.56 Å². The zero-order chi connectivity index (χ0) is 26.1. The van der Waals surface area contributed by atoms with Crippen molar-refractivity contribution in [2.75, 3.05) is 0 Å². The number of hydrogen-bond acceptors (Lipinski definition) is 5. The molecular weight excluding hydrogens is 468 g/mol. The molecule has 0 saturated heterocycles. The van der Waals surface area contributed by atoms with E-state index in [9.17, 15) is 28.0 Å². The van der Waals surface area contributed by atoms with Crippen molar-refractivity contribution >= 4 is 23.4 Å². The molecule has 0 bridgehead atoms. The molecule has 1 aliphatic carbocycles. The van der Waals surface area contributed by atoms with Crippen molar-refractivity contribution in [3.8, 4) is 0 Å². The van der Waals surface area contributed by atoms with E-state index in [1.807, 2.05) is 6.07 Å². The van der Waals surface area contributed by atoms with E-state index in [-0.39, 0.29) is 50.9 Å². The molecule has 1 fully saturated rings. The molecule has 9 heteroatoms. The lowest BCUT2D eigenvalue weighted by atomic mass is 9.81. The van der Waals surface area contributed by atoms with Gasteiger partial charge in [0.15, 0.2) is 0 Å². The summed E-state index contributed by atoms with van der Waals surface area (Å²) in [5.41, 5.74) is 1.33. The summed E-state index contributed by atoms with van der Waals surface area (Å²) in [4.78, 5) is 55.1. The smallest absolute Gasteiger partial charge is 0.289 e. The quantitative estimate of drug-likeness (QED) is 0.461. The number of nitrogens with one attached hydrogen (secondary N) is 2. The lowest BCUT2D eigenvalue weighted by Gasteiger charge is -2.28. The van der Waals surface area contributed by atoms with Gasteiger partial charge in [-0.1, -0.05) is 43.3 Å². The van der Waals surface area contributed by atoms with E-state index in [1.54, 1.807) is 55.6 Å². The molecule has 2 amide bonds. The molecule has 1 aromatic carbocycles. The third-order valence-corrected chi connectivity index (χ3v) is 6.42. The van der Waals surface area contributed by atoms with E-state index < -0.39 is 41.4 Å². The molecule has 2 N–H and O–H groups in total. The summed E-state index contributed by atoms with van der Waals surface area (Å²) in [5, 5.41) is 5.16. The van der Waals surface area contributed by atoms with Crippen LogP contribution in [0.15, 0.2) is 54.7 Å². The Morgan fingerprint density at radius 1 is 1.03 bits per heavy atom. The van der Waals surface area contributed by atoms with Gasteiger partial charge in [-0.25, -0.2) is 8.78 Å². The Kier molecular flexibility index (Phi) is 9.38. The maximum absolute atomic E-state index is 13.4. The molecule has 0 radical (unpaired) electrons. The van der Waals surface area contributed by atoms with E-state index in [2.05, 4.69) is 15.6 Å². The molecular formula is C27H31F2N3O4. The lowest BCUT2D eigenvalue weighted by molar-refractivity contribution is -0.140. The van der Waals surface area contributed by atoms with Gasteiger partial charge in [0.2, 0.25) is 17.6 Å². The molecule has 1 heterocycles. The van der Waals surface area contributed by atoms with Crippen LogP contribution in [-0.4, -0.2) is 40.3 Å². The topological polar surface area (TPSA) is 105 Å². The minimum atomic E-state index is -2.73. The van der Waals surface area contributed by atoms with Crippen LogP contribution in [-0.2, 0) is 32.1 Å². The van der Waals surface area contributed by atoms with Gasteiger partial charge in [0.05, 0.1) is 12.2 Å². The van der Waals surface area contributed by atoms with E-state index in [1.165, 1.54) is 0 Å². The van der Waals surface area contributed by atoms with Gasteiger partial charge in [0.1, 0.15) is 11.8 Å². The number of carbonyl (C=O) groups is 4. The number of amides is 2. The van der Waals surface area contributed by atoms with Crippen LogP contribution in [0.25, 0.3) is 0 Å². The summed E-state index contributed by atoms with van der Waals surface area (Å²) < 4.78 is 26.8. The van der Waals surface area contributed by atoms with Crippen molar-refractivity contribution in [3.05, 3.63) is 66.0 Å². The minimum absolute atomic E-state index is 0.0583. The summed E-state index contributed by atoms with van der Waals surface area (Å²) in [6, 6.07) is 13.0. The number of rotatable bonds is 11. The molecule has 3 rings (SSSR count). The van der Waals surface area contributed by atoms with Crippen LogP contribution in [0.5, 0.6) is 0 Å². The van der Waals surface area contributed by atoms with Gasteiger partial charge in [-0.2, -0.15) is 0 Å². The molecule has 1 saturated carbocycles. The first kappa shape index (κ1) is 27.1. The maximum atomic E-state index is 13.4. The van der Waals surface area contributed by atoms with Gasteiger partial charge >= 0.3 is 0 Å². The summed E-state index contributed by atoms with van der Waals surface area (Å²) in [6.07, 6.45) is 1.11. The zero-order valence-corrected chi connectivity index (χ0v) is 20.2. The molecule has 0 aliphatic heterocycles. The van der Waals surface area contributed by atoms with Crippen molar-refractivity contribution < 1.29 is 28.0 Å². The first-order valence-corrected chi connectivity index (χ1v) is 12.1. The number of benzene rings is 1. The monoisotopic (exact) mass is 499 g/mol. The molecule has 1 aromatic heterocycles. The van der Waals surface area contributed by atoms with Gasteiger partial charge in [-0.3, -0.25) is 24.2 Å². The molecule has 2 atom stereocenters. The molecule has 192 valence electrons. The first-order chi connectivity index (χ1) is 17.1. The summed E-state index contributed by atoms with van der Waals surface area (Å²) in [5.74, 6) is -6.43. The second-order valence-corrected chi connectivity index (χ2v) is 9.32. The Morgan fingerprint density at radius 3 is 2.33 bits per heavy atom. The van der Waals surface area contributed by atoms with Crippen LogP contribution in [0.4, 0.5) is 8.78 Å². The normalized spacial score (nSPS) is 17.0. The first-order valence-electron chi connectivity index (χ1n) is 12.1. The molecule has 2 aromatic rings. The molecule has 36 heavy (non-hydrogen) atoms. The van der Waals surface area contributed by atoms with E-state index in [4.69, 9.17) is 0 Å². The van der Waals surface area contributed by atoms with Crippen molar-refractivity contribution in [3.63, 3.8) is 0 Å². The second-order valence-electron chi connectivity index (χ2n) is 9.32. The summed E-state index contributed by atoms with van der Waals surface area (Å²) in [6.45, 7) is 1.61. The Balaban J connectivity index is 1.61. The fourth-order valence-electron chi connectivity index (χ4n) is 4.22. The fraction of sp³-hybridized carbons (Fsp3) is 0.444. The highest BCUT2D eigenvalue weighted by molar-refractivity contribution is 6.38. The number of hydrogen-bond donors (Lipinski definition) is 2. The van der Waals surface area contributed by atoms with Gasteiger partial charge in [-0.15, -0.1) is 0 Å². The van der Waals surface area contributed by atoms with Crippen molar-refractivity contribution in [1.82, 2.24) is 15.6 Å². The lowest BCUT2D eigenvalue weighted by Crippen LogP contribution is -2.50. The highest BCUT2D eigenvalue weighted by atomic mass is 19.3. The average Bonchev–Trinajstić information content (AvgIpc) is 2.87. The second kappa shape index (κ2) is 12.5. The number of ketones is 2. The van der Waals surface area contributed by atoms with Crippen LogP contribution in [0, 0.1) is 11.8 Å². The van der Waals surface area contributed by atoms with Crippen molar-refractivity contribution in [1.29, 1.82) is 0 Å². The van der Waals surface area contributed by atoms with E-state index >= 15 is 0 Å². The van der Waals surface area contributed by atoms with Crippen LogP contribution in [0.3, 0.4) is 0 Å². The van der Waals surface area contributed by atoms with Crippen LogP contribution >= 0.6 is 0 Å². The predicted octanol–water partition coefficient (Wildman–Crippen LogP) is 3.42. The largest absolute Gasteiger partial charge is 0.345 e. The number of carbonyl (C=O) groups excluding carboxylic acids is 4. The Labute approximate surface area is 209 Å². The zero-order valence-electron chi connectivity index (χ0n) is 20.2. The summed E-state index contributed by atoms with van der Waals surface area (Å²) >= 11 is 0. The summed E-state index contributed by atoms with van der Waals surface area (Å²) in [7, 11) is 0. The SMILES string of the molecule is C[C@@H](CC(=O)C1CCC(F)(F)CC1)C(=O)N[C@H](Cc1ccccc1)C(=O)C(=O)NCc1ccccn1. The van der Waals surface area contributed by atoms with Crippen molar-refractivity contribution in [2.45, 2.75) is 64.0 Å². The number of halogens is 2. The minimum Gasteiger partial charge on any atom is -0.345 e. The van der Waals surface area contributed by atoms with Crippen LogP contribution in [0.2, 0.25) is 0 Å². The van der Waals surface area contributed by atoms with E-state index in [0.29, 0.717) is 5.69 Å². The fourth-order valence-corrected chi connectivity index (χ4v) is 4.22. The van der Waals surface area contributed by atoms with Crippen LogP contribution < -0.4 is 10.6 Å². The van der Waals surface area contributed by atoms with Gasteiger partial charge in [0, 0.05) is 43.7 Å². The standard InChI is InChI=1S/C27H31F2N3O4/c1-18(15-23(33)20-10-12-27(28,29)13-11-20)25(35)32-22(16-19-7-3-2-4-8-19)24(34)26(36)31-17-21-9-5-6-14-30-21/h2-9,14,18,20,22H,10-13,15-17H2,1H3,(H,31,36)(H,32,35)/t18-,22+/m0/s1. The van der Waals surface area contributed by atoms with Crippen LogP contribution in [0.1, 0.15) is 50.3 Å². The molecule has 0 spiro atoms. The highest BCUT2D eigenvalue weighted by Gasteiger charge is 2.38. The molecule has 7 nitrogen and oxygen atoms in total. The third kappa shape index (κ3) is 8.03. The highest BCUT2D eigenvalue weighted by Crippen LogP contribution is 2.37. The third-order valence-electron chi connectivity index (χ3n) is 6.42. The molecule has 1 aliphatic rings. The number of alkyl halides is 2. The number of aromatic nitrogens is 1. The van der Waals surface area contributed by atoms with Crippen molar-refractivity contribution in [2.24, 2.45) is 11.8 Å². The average molecular weight is 500 g/mol. The molecule has 0 unspecified atom stereocenters. The maximum Gasteiger partial charge on any atom is 0.289 e. The van der Waals surface area contributed by atoms with Gasteiger partial charge < -0.3 is 10.6 Å².